The van der Waals surface area contributed by atoms with Gasteiger partial charge in [-0.25, -0.2) is 0 Å². The number of hydrogen-bond acceptors (Lipinski definition) is 4. The second-order valence-corrected chi connectivity index (χ2v) is 5.80. The molecule has 1 aliphatic rings. The third-order valence-corrected chi connectivity index (χ3v) is 4.07. The summed E-state index contributed by atoms with van der Waals surface area (Å²) >= 11 is 0. The molecular formula is C15H27N3O2. The van der Waals surface area contributed by atoms with Crippen molar-refractivity contribution in [2.24, 2.45) is 5.73 Å². The highest BCUT2D eigenvalue weighted by Crippen LogP contribution is 2.29. The molecule has 0 aliphatic carbocycles. The Kier molecular flexibility index (Phi) is 5.18. The quantitative estimate of drug-likeness (QED) is 0.865. The van der Waals surface area contributed by atoms with Crippen LogP contribution in [0.15, 0.2) is 12.3 Å². The fourth-order valence-electron chi connectivity index (χ4n) is 2.81. The van der Waals surface area contributed by atoms with Crippen molar-refractivity contribution < 1.29 is 9.47 Å². The lowest BCUT2D eigenvalue weighted by Crippen LogP contribution is -2.54. The topological polar surface area (TPSA) is 62.3 Å². The largest absolute Gasteiger partial charge is 0.381 e. The molecule has 1 aromatic rings. The van der Waals surface area contributed by atoms with E-state index < -0.39 is 0 Å². The van der Waals surface area contributed by atoms with Gasteiger partial charge in [0.15, 0.2) is 0 Å². The van der Waals surface area contributed by atoms with E-state index in [9.17, 15) is 0 Å². The van der Waals surface area contributed by atoms with Gasteiger partial charge in [0.2, 0.25) is 0 Å². The van der Waals surface area contributed by atoms with E-state index in [0.29, 0.717) is 12.6 Å². The minimum absolute atomic E-state index is 0.0399. The van der Waals surface area contributed by atoms with E-state index in [-0.39, 0.29) is 11.6 Å². The maximum absolute atomic E-state index is 6.46. The summed E-state index contributed by atoms with van der Waals surface area (Å²) in [5.74, 6) is 0. The first-order valence-electron chi connectivity index (χ1n) is 7.58. The number of nitrogens with two attached hydrogens (primary N) is 1. The number of rotatable bonds is 6. The fraction of sp³-hybridized carbons (Fsp3) is 0.800. The molecule has 5 heteroatoms. The van der Waals surface area contributed by atoms with Crippen molar-refractivity contribution >= 4 is 0 Å². The van der Waals surface area contributed by atoms with Crippen LogP contribution >= 0.6 is 0 Å². The number of hydrogen-bond donors (Lipinski definition) is 1. The van der Waals surface area contributed by atoms with Crippen LogP contribution < -0.4 is 5.73 Å². The molecule has 5 nitrogen and oxygen atoms in total. The highest BCUT2D eigenvalue weighted by Gasteiger charge is 2.39. The van der Waals surface area contributed by atoms with Crippen molar-refractivity contribution in [1.82, 2.24) is 9.78 Å². The maximum Gasteiger partial charge on any atom is 0.0880 e. The molecule has 0 radical (unpaired) electrons. The van der Waals surface area contributed by atoms with Gasteiger partial charge in [0.05, 0.1) is 11.3 Å². The van der Waals surface area contributed by atoms with Gasteiger partial charge in [0, 0.05) is 57.4 Å². The predicted octanol–water partition coefficient (Wildman–Crippen LogP) is 1.92. The average molecular weight is 281 g/mol. The van der Waals surface area contributed by atoms with Crippen molar-refractivity contribution in [2.75, 3.05) is 19.8 Å². The molecule has 1 fully saturated rings. The van der Waals surface area contributed by atoms with Gasteiger partial charge in [-0.05, 0) is 26.8 Å². The van der Waals surface area contributed by atoms with Crippen molar-refractivity contribution in [3.8, 4) is 0 Å². The van der Waals surface area contributed by atoms with Crippen LogP contribution in [0.2, 0.25) is 0 Å². The zero-order valence-corrected chi connectivity index (χ0v) is 12.8. The molecule has 1 aromatic heterocycles. The Bertz CT molecular complexity index is 405. The molecule has 2 rings (SSSR count). The lowest BCUT2D eigenvalue weighted by Gasteiger charge is -2.41. The van der Waals surface area contributed by atoms with E-state index in [1.165, 1.54) is 0 Å². The Balaban J connectivity index is 2.05. The van der Waals surface area contributed by atoms with E-state index in [2.05, 4.69) is 25.0 Å². The van der Waals surface area contributed by atoms with Crippen LogP contribution in [0.25, 0.3) is 0 Å². The van der Waals surface area contributed by atoms with Gasteiger partial charge < -0.3 is 15.2 Å². The summed E-state index contributed by atoms with van der Waals surface area (Å²) < 4.78 is 13.4. The molecule has 1 atom stereocenters. The molecule has 0 saturated carbocycles. The maximum atomic E-state index is 6.46. The highest BCUT2D eigenvalue weighted by atomic mass is 16.5. The summed E-state index contributed by atoms with van der Waals surface area (Å²) in [5.41, 5.74) is 7.24. The van der Waals surface area contributed by atoms with Gasteiger partial charge in [-0.1, -0.05) is 0 Å². The first kappa shape index (κ1) is 15.5. The van der Waals surface area contributed by atoms with Gasteiger partial charge in [-0.2, -0.15) is 5.10 Å². The van der Waals surface area contributed by atoms with Crippen LogP contribution in [-0.4, -0.2) is 41.2 Å². The highest BCUT2D eigenvalue weighted by molar-refractivity contribution is 5.06. The van der Waals surface area contributed by atoms with Crippen molar-refractivity contribution in [2.45, 2.75) is 57.7 Å². The minimum atomic E-state index is -0.255. The Morgan fingerprint density at radius 3 is 2.70 bits per heavy atom. The Hall–Kier alpha value is -0.910. The van der Waals surface area contributed by atoms with E-state index in [4.69, 9.17) is 15.2 Å². The van der Waals surface area contributed by atoms with Crippen LogP contribution in [0.4, 0.5) is 0 Å². The normalized spacial score (nSPS) is 20.2. The minimum Gasteiger partial charge on any atom is -0.381 e. The molecule has 1 saturated heterocycles. The summed E-state index contributed by atoms with van der Waals surface area (Å²) in [6, 6.07) is 2.39. The Morgan fingerprint density at radius 1 is 1.45 bits per heavy atom. The van der Waals surface area contributed by atoms with Crippen LogP contribution in [0.1, 0.15) is 45.3 Å². The van der Waals surface area contributed by atoms with E-state index in [0.717, 1.165) is 38.2 Å². The van der Waals surface area contributed by atoms with Crippen molar-refractivity contribution in [3.63, 3.8) is 0 Å². The van der Waals surface area contributed by atoms with Gasteiger partial charge in [-0.3, -0.25) is 4.68 Å². The van der Waals surface area contributed by atoms with Gasteiger partial charge in [0.25, 0.3) is 0 Å². The van der Waals surface area contributed by atoms with E-state index in [1.807, 2.05) is 17.8 Å². The monoisotopic (exact) mass is 281 g/mol. The molecule has 20 heavy (non-hydrogen) atoms. The summed E-state index contributed by atoms with van der Waals surface area (Å²) in [6.07, 6.45) is 4.50. The molecule has 0 bridgehead atoms. The van der Waals surface area contributed by atoms with Crippen LogP contribution in [-0.2, 0) is 15.9 Å². The lowest BCUT2D eigenvalue weighted by molar-refractivity contribution is -0.120. The molecule has 1 unspecified atom stereocenters. The standard InChI is InChI=1S/C15H27N3O2/c1-4-20-15(6-9-19-10-7-15)14(16)11-13-5-8-18(17-13)12(2)3/h5,8,12,14H,4,6-7,9-11,16H2,1-3H3. The van der Waals surface area contributed by atoms with Crippen LogP contribution in [0.3, 0.4) is 0 Å². The fourth-order valence-corrected chi connectivity index (χ4v) is 2.81. The van der Waals surface area contributed by atoms with Crippen LogP contribution in [0.5, 0.6) is 0 Å². The summed E-state index contributed by atoms with van der Waals surface area (Å²) in [7, 11) is 0. The number of ether oxygens (including phenoxy) is 2. The molecule has 2 heterocycles. The smallest absolute Gasteiger partial charge is 0.0880 e. The molecule has 0 amide bonds. The summed E-state index contributed by atoms with van der Waals surface area (Å²) in [5, 5.41) is 4.59. The third-order valence-electron chi connectivity index (χ3n) is 4.07. The second-order valence-electron chi connectivity index (χ2n) is 5.80. The van der Waals surface area contributed by atoms with Gasteiger partial charge in [-0.15, -0.1) is 0 Å². The van der Waals surface area contributed by atoms with E-state index in [1.54, 1.807) is 0 Å². The SMILES string of the molecule is CCOC1(C(N)Cc2ccn(C(C)C)n2)CCOCC1. The lowest BCUT2D eigenvalue weighted by atomic mass is 9.84. The molecule has 0 spiro atoms. The zero-order chi connectivity index (χ0) is 14.6. The van der Waals surface area contributed by atoms with E-state index >= 15 is 0 Å². The molecule has 0 aromatic carbocycles. The molecule has 2 N–H and O–H groups in total. The first-order valence-corrected chi connectivity index (χ1v) is 7.58. The van der Waals surface area contributed by atoms with Gasteiger partial charge in [0.1, 0.15) is 0 Å². The van der Waals surface area contributed by atoms with Crippen molar-refractivity contribution in [3.05, 3.63) is 18.0 Å². The second kappa shape index (κ2) is 6.70. The predicted molar refractivity (Wildman–Crippen MR) is 78.7 cm³/mol. The number of nitrogens with zero attached hydrogens (tertiary/aromatic N) is 2. The summed E-state index contributed by atoms with van der Waals surface area (Å²) in [4.78, 5) is 0. The molecular weight excluding hydrogens is 254 g/mol. The number of aromatic nitrogens is 2. The Labute approximate surface area is 121 Å². The molecule has 114 valence electrons. The zero-order valence-electron chi connectivity index (χ0n) is 12.8. The average Bonchev–Trinajstić information content (AvgIpc) is 2.89. The Morgan fingerprint density at radius 2 is 2.15 bits per heavy atom. The van der Waals surface area contributed by atoms with Crippen molar-refractivity contribution in [1.29, 1.82) is 0 Å². The summed E-state index contributed by atoms with van der Waals surface area (Å²) in [6.45, 7) is 8.42. The van der Waals surface area contributed by atoms with Gasteiger partial charge >= 0.3 is 0 Å². The first-order chi connectivity index (χ1) is 9.57. The molecule has 1 aliphatic heterocycles. The third kappa shape index (κ3) is 3.40. The van der Waals surface area contributed by atoms with Crippen LogP contribution in [0, 0.1) is 0 Å².